The van der Waals surface area contributed by atoms with Crippen molar-refractivity contribution in [1.29, 1.82) is 0 Å². The number of benzene rings is 2. The fraction of sp³-hybridized carbons (Fsp3) is 0.300. The third kappa shape index (κ3) is 6.30. The Balaban J connectivity index is 1.74. The van der Waals surface area contributed by atoms with Crippen molar-refractivity contribution in [2.24, 2.45) is 0 Å². The van der Waals surface area contributed by atoms with Gasteiger partial charge in [-0.15, -0.1) is 0 Å². The highest BCUT2D eigenvalue weighted by Gasteiger charge is 2.09. The molecule has 0 radical (unpaired) electrons. The largest absolute Gasteiger partial charge is 0.482 e. The molecule has 1 amide bonds. The van der Waals surface area contributed by atoms with Crippen LogP contribution >= 0.6 is 0 Å². The molecule has 0 bridgehead atoms. The van der Waals surface area contributed by atoms with Gasteiger partial charge in [0.1, 0.15) is 5.75 Å². The molecule has 2 aromatic carbocycles. The lowest BCUT2D eigenvalue weighted by Crippen LogP contribution is -2.23. The van der Waals surface area contributed by atoms with Gasteiger partial charge in [-0.2, -0.15) is 0 Å². The summed E-state index contributed by atoms with van der Waals surface area (Å²) in [5.41, 5.74) is 3.98. The van der Waals surface area contributed by atoms with Crippen LogP contribution in [0.15, 0.2) is 42.5 Å². The number of ether oxygens (including phenoxy) is 2. The second kappa shape index (κ2) is 8.87. The number of hydrogen-bond acceptors (Lipinski definition) is 4. The molecule has 0 saturated carbocycles. The Morgan fingerprint density at radius 2 is 1.60 bits per heavy atom. The monoisotopic (exact) mass is 341 g/mol. The SMILES string of the molecule is CCc1ccc(OCC(=O)OCC(=O)Nc2cc(C)cc(C)c2)cc1. The maximum atomic E-state index is 11.9. The fourth-order valence-electron chi connectivity index (χ4n) is 2.40. The van der Waals surface area contributed by atoms with Crippen LogP contribution in [0.5, 0.6) is 5.75 Å². The van der Waals surface area contributed by atoms with Crippen molar-refractivity contribution in [2.75, 3.05) is 18.5 Å². The Morgan fingerprint density at radius 3 is 2.20 bits per heavy atom. The number of anilines is 1. The first-order chi connectivity index (χ1) is 12.0. The zero-order valence-corrected chi connectivity index (χ0v) is 14.8. The van der Waals surface area contributed by atoms with Crippen LogP contribution in [-0.2, 0) is 20.7 Å². The molecule has 0 spiro atoms. The van der Waals surface area contributed by atoms with E-state index in [1.165, 1.54) is 5.56 Å². The number of carbonyl (C=O) groups excluding carboxylic acids is 2. The maximum absolute atomic E-state index is 11.9. The number of nitrogens with one attached hydrogen (secondary N) is 1. The summed E-state index contributed by atoms with van der Waals surface area (Å²) in [5, 5.41) is 2.71. The van der Waals surface area contributed by atoms with E-state index >= 15 is 0 Å². The molecule has 2 rings (SSSR count). The first kappa shape index (κ1) is 18.5. The third-order valence-corrected chi connectivity index (χ3v) is 3.56. The van der Waals surface area contributed by atoms with Crippen molar-refractivity contribution in [3.8, 4) is 5.75 Å². The van der Waals surface area contributed by atoms with Crippen molar-refractivity contribution in [1.82, 2.24) is 0 Å². The van der Waals surface area contributed by atoms with Crippen LogP contribution in [0.3, 0.4) is 0 Å². The number of aryl methyl sites for hydroxylation is 3. The summed E-state index contributed by atoms with van der Waals surface area (Å²) < 4.78 is 10.3. The van der Waals surface area contributed by atoms with Crippen LogP contribution in [0, 0.1) is 13.8 Å². The first-order valence-electron chi connectivity index (χ1n) is 8.22. The Bertz CT molecular complexity index is 718. The smallest absolute Gasteiger partial charge is 0.344 e. The molecular weight excluding hydrogens is 318 g/mol. The van der Waals surface area contributed by atoms with Crippen LogP contribution < -0.4 is 10.1 Å². The molecule has 0 aliphatic rings. The average molecular weight is 341 g/mol. The zero-order chi connectivity index (χ0) is 18.2. The molecular formula is C20H23NO4. The molecule has 25 heavy (non-hydrogen) atoms. The Labute approximate surface area is 148 Å². The summed E-state index contributed by atoms with van der Waals surface area (Å²) in [6.07, 6.45) is 0.942. The Morgan fingerprint density at radius 1 is 0.960 bits per heavy atom. The van der Waals surface area contributed by atoms with Gasteiger partial charge < -0.3 is 14.8 Å². The van der Waals surface area contributed by atoms with E-state index in [1.807, 2.05) is 44.2 Å². The summed E-state index contributed by atoms with van der Waals surface area (Å²) in [6.45, 7) is 5.39. The van der Waals surface area contributed by atoms with E-state index in [-0.39, 0.29) is 19.1 Å². The summed E-state index contributed by atoms with van der Waals surface area (Å²) >= 11 is 0. The van der Waals surface area contributed by atoms with Gasteiger partial charge in [-0.05, 0) is 61.2 Å². The summed E-state index contributed by atoms with van der Waals surface area (Å²) in [4.78, 5) is 23.5. The highest BCUT2D eigenvalue weighted by Crippen LogP contribution is 2.14. The normalized spacial score (nSPS) is 10.2. The van der Waals surface area contributed by atoms with Crippen LogP contribution in [0.2, 0.25) is 0 Å². The number of esters is 1. The molecule has 1 N–H and O–H groups in total. The number of carbonyl (C=O) groups is 2. The van der Waals surface area contributed by atoms with Gasteiger partial charge in [-0.25, -0.2) is 4.79 Å². The van der Waals surface area contributed by atoms with Gasteiger partial charge in [-0.1, -0.05) is 25.1 Å². The lowest BCUT2D eigenvalue weighted by atomic mass is 10.1. The lowest BCUT2D eigenvalue weighted by Gasteiger charge is -2.09. The average Bonchev–Trinajstić information content (AvgIpc) is 2.57. The summed E-state index contributed by atoms with van der Waals surface area (Å²) in [7, 11) is 0. The van der Waals surface area contributed by atoms with E-state index in [4.69, 9.17) is 9.47 Å². The molecule has 132 valence electrons. The van der Waals surface area contributed by atoms with Gasteiger partial charge in [0.15, 0.2) is 13.2 Å². The summed E-state index contributed by atoms with van der Waals surface area (Å²) in [5.74, 6) is -0.380. The standard InChI is InChI=1S/C20H23NO4/c1-4-16-5-7-18(8-6-16)24-13-20(23)25-12-19(22)21-17-10-14(2)9-15(3)11-17/h5-11H,4,12-13H2,1-3H3,(H,21,22). The predicted molar refractivity (Wildman–Crippen MR) is 96.8 cm³/mol. The minimum Gasteiger partial charge on any atom is -0.482 e. The van der Waals surface area contributed by atoms with Gasteiger partial charge in [0.25, 0.3) is 5.91 Å². The van der Waals surface area contributed by atoms with Crippen molar-refractivity contribution in [2.45, 2.75) is 27.2 Å². The topological polar surface area (TPSA) is 64.6 Å². The van der Waals surface area contributed by atoms with E-state index in [0.717, 1.165) is 17.5 Å². The molecule has 5 heteroatoms. The van der Waals surface area contributed by atoms with Crippen molar-refractivity contribution < 1.29 is 19.1 Å². The zero-order valence-electron chi connectivity index (χ0n) is 14.8. The minimum absolute atomic E-state index is 0.234. The second-order valence-electron chi connectivity index (χ2n) is 5.87. The van der Waals surface area contributed by atoms with E-state index in [9.17, 15) is 9.59 Å². The second-order valence-corrected chi connectivity index (χ2v) is 5.87. The Kier molecular flexibility index (Phi) is 6.57. The molecule has 0 heterocycles. The van der Waals surface area contributed by atoms with Gasteiger partial charge in [-0.3, -0.25) is 4.79 Å². The molecule has 0 atom stereocenters. The third-order valence-electron chi connectivity index (χ3n) is 3.56. The van der Waals surface area contributed by atoms with Gasteiger partial charge in [0.05, 0.1) is 0 Å². The molecule has 0 saturated heterocycles. The summed E-state index contributed by atoms with van der Waals surface area (Å²) in [6, 6.07) is 13.2. The van der Waals surface area contributed by atoms with Gasteiger partial charge in [0.2, 0.25) is 0 Å². The van der Waals surface area contributed by atoms with Crippen LogP contribution in [0.1, 0.15) is 23.6 Å². The quantitative estimate of drug-likeness (QED) is 0.784. The van der Waals surface area contributed by atoms with Crippen LogP contribution in [0.4, 0.5) is 5.69 Å². The molecule has 2 aromatic rings. The van der Waals surface area contributed by atoms with E-state index < -0.39 is 5.97 Å². The molecule has 5 nitrogen and oxygen atoms in total. The van der Waals surface area contributed by atoms with E-state index in [1.54, 1.807) is 12.1 Å². The lowest BCUT2D eigenvalue weighted by molar-refractivity contribution is -0.149. The minimum atomic E-state index is -0.588. The fourth-order valence-corrected chi connectivity index (χ4v) is 2.40. The molecule has 0 unspecified atom stereocenters. The molecule has 0 fully saturated rings. The Hall–Kier alpha value is -2.82. The van der Waals surface area contributed by atoms with Gasteiger partial charge in [0, 0.05) is 5.69 Å². The molecule has 0 aliphatic heterocycles. The van der Waals surface area contributed by atoms with Crippen molar-refractivity contribution in [3.63, 3.8) is 0 Å². The van der Waals surface area contributed by atoms with Crippen LogP contribution in [-0.4, -0.2) is 25.1 Å². The number of hydrogen-bond donors (Lipinski definition) is 1. The van der Waals surface area contributed by atoms with Gasteiger partial charge >= 0.3 is 5.97 Å². The molecule has 0 aromatic heterocycles. The highest BCUT2D eigenvalue weighted by molar-refractivity contribution is 5.93. The van der Waals surface area contributed by atoms with Crippen LogP contribution in [0.25, 0.3) is 0 Å². The molecule has 0 aliphatic carbocycles. The van der Waals surface area contributed by atoms with E-state index in [2.05, 4.69) is 12.2 Å². The maximum Gasteiger partial charge on any atom is 0.344 e. The predicted octanol–water partition coefficient (Wildman–Crippen LogP) is 3.43. The first-order valence-corrected chi connectivity index (χ1v) is 8.22. The number of amides is 1. The van der Waals surface area contributed by atoms with Crippen molar-refractivity contribution in [3.05, 3.63) is 59.2 Å². The highest BCUT2D eigenvalue weighted by atomic mass is 16.6. The number of rotatable bonds is 7. The van der Waals surface area contributed by atoms with Crippen molar-refractivity contribution >= 4 is 17.6 Å². The van der Waals surface area contributed by atoms with E-state index in [0.29, 0.717) is 11.4 Å².